The van der Waals surface area contributed by atoms with Gasteiger partial charge in [-0.2, -0.15) is 11.3 Å². The first-order chi connectivity index (χ1) is 17.8. The van der Waals surface area contributed by atoms with E-state index in [0.29, 0.717) is 56.6 Å². The highest BCUT2D eigenvalue weighted by Crippen LogP contribution is 2.29. The number of carbonyl (C=O) groups excluding carboxylic acids is 4. The molecule has 4 rings (SSSR count). The SMILES string of the molecule is N=C(N)NCCCC(NC(=O)C1CCC2CN(C(=O)CCc3ccsc3)CC(=O)N21)C(=O)c1nccs1. The molecule has 0 aromatic carbocycles. The molecule has 0 spiro atoms. The number of ketones is 1. The highest BCUT2D eigenvalue weighted by atomic mass is 32.1. The van der Waals surface area contributed by atoms with Crippen LogP contribution in [0, 0.1) is 5.41 Å². The number of hydrogen-bond donors (Lipinski definition) is 4. The van der Waals surface area contributed by atoms with Gasteiger partial charge in [0.25, 0.3) is 0 Å². The number of nitrogens with one attached hydrogen (secondary N) is 3. The zero-order chi connectivity index (χ0) is 26.4. The maximum Gasteiger partial charge on any atom is 0.243 e. The predicted molar refractivity (Wildman–Crippen MR) is 140 cm³/mol. The molecule has 198 valence electrons. The summed E-state index contributed by atoms with van der Waals surface area (Å²) in [6.45, 7) is 0.760. The fraction of sp³-hybridized carbons (Fsp3) is 0.500. The zero-order valence-electron chi connectivity index (χ0n) is 20.4. The van der Waals surface area contributed by atoms with Crippen molar-refractivity contribution in [2.45, 2.75) is 56.7 Å². The normalized spacial score (nSPS) is 19.8. The van der Waals surface area contributed by atoms with Crippen molar-refractivity contribution in [1.82, 2.24) is 25.4 Å². The van der Waals surface area contributed by atoms with Gasteiger partial charge in [0.1, 0.15) is 6.04 Å². The second kappa shape index (κ2) is 12.3. The smallest absolute Gasteiger partial charge is 0.243 e. The maximum absolute atomic E-state index is 13.3. The molecule has 2 aliphatic heterocycles. The Bertz CT molecular complexity index is 1120. The highest BCUT2D eigenvalue weighted by Gasteiger charge is 2.46. The summed E-state index contributed by atoms with van der Waals surface area (Å²) in [6.07, 6.45) is 4.45. The van der Waals surface area contributed by atoms with Crippen molar-refractivity contribution in [3.63, 3.8) is 0 Å². The molecule has 2 aromatic heterocycles. The van der Waals surface area contributed by atoms with Gasteiger partial charge in [-0.1, -0.05) is 0 Å². The van der Waals surface area contributed by atoms with E-state index in [9.17, 15) is 19.2 Å². The highest BCUT2D eigenvalue weighted by molar-refractivity contribution is 7.11. The fourth-order valence-corrected chi connectivity index (χ4v) is 6.19. The van der Waals surface area contributed by atoms with Gasteiger partial charge in [0.05, 0.1) is 18.6 Å². The predicted octanol–water partition coefficient (Wildman–Crippen LogP) is 0.970. The number of guanidine groups is 1. The number of fused-ring (bicyclic) bond motifs is 1. The van der Waals surface area contributed by atoms with Crippen LogP contribution >= 0.6 is 22.7 Å². The van der Waals surface area contributed by atoms with E-state index in [1.807, 2.05) is 16.8 Å². The Morgan fingerprint density at radius 2 is 2.11 bits per heavy atom. The molecule has 3 amide bonds. The lowest BCUT2D eigenvalue weighted by atomic mass is 10.1. The first kappa shape index (κ1) is 26.7. The maximum atomic E-state index is 13.3. The van der Waals surface area contributed by atoms with Crippen molar-refractivity contribution < 1.29 is 19.2 Å². The molecule has 3 atom stereocenters. The van der Waals surface area contributed by atoms with Crippen LogP contribution < -0.4 is 16.4 Å². The molecule has 2 aromatic rings. The zero-order valence-corrected chi connectivity index (χ0v) is 22.0. The summed E-state index contributed by atoms with van der Waals surface area (Å²) in [5.41, 5.74) is 6.43. The van der Waals surface area contributed by atoms with Crippen LogP contribution in [0.1, 0.15) is 47.5 Å². The van der Waals surface area contributed by atoms with E-state index < -0.39 is 12.1 Å². The van der Waals surface area contributed by atoms with Crippen LogP contribution in [0.5, 0.6) is 0 Å². The Morgan fingerprint density at radius 3 is 2.81 bits per heavy atom. The number of thiazole rings is 1. The standard InChI is InChI=1S/C24H31N7O4S2/c25-24(26)28-8-1-2-17(21(34)23-27-9-11-37-23)29-22(35)18-5-4-16-12-30(13-20(33)31(16)18)19(32)6-3-15-7-10-36-14-15/h7,9-11,14,16-18H,1-6,8,12-13H2,(H,29,35)(H4,25,26,28). The second-order valence-electron chi connectivity index (χ2n) is 9.20. The molecule has 13 heteroatoms. The number of piperazine rings is 1. The van der Waals surface area contributed by atoms with Crippen LogP contribution in [0.3, 0.4) is 0 Å². The summed E-state index contributed by atoms with van der Waals surface area (Å²) >= 11 is 2.79. The van der Waals surface area contributed by atoms with Crippen LogP contribution in [0.2, 0.25) is 0 Å². The molecule has 2 aliphatic rings. The summed E-state index contributed by atoms with van der Waals surface area (Å²) in [4.78, 5) is 59.4. The molecular weight excluding hydrogens is 514 g/mol. The lowest BCUT2D eigenvalue weighted by Crippen LogP contribution is -2.60. The van der Waals surface area contributed by atoms with Crippen molar-refractivity contribution in [2.75, 3.05) is 19.6 Å². The van der Waals surface area contributed by atoms with Gasteiger partial charge >= 0.3 is 0 Å². The Kier molecular flexibility index (Phi) is 8.87. The van der Waals surface area contributed by atoms with Gasteiger partial charge in [-0.15, -0.1) is 11.3 Å². The monoisotopic (exact) mass is 545 g/mol. The minimum absolute atomic E-state index is 0.0407. The number of aromatic nitrogens is 1. The summed E-state index contributed by atoms with van der Waals surface area (Å²) in [5.74, 6) is -1.12. The summed E-state index contributed by atoms with van der Waals surface area (Å²) < 4.78 is 0. The van der Waals surface area contributed by atoms with Gasteiger partial charge in [0.15, 0.2) is 11.0 Å². The number of carbonyl (C=O) groups is 4. The number of nitrogens with two attached hydrogens (primary N) is 1. The van der Waals surface area contributed by atoms with Crippen LogP contribution in [0.4, 0.5) is 0 Å². The molecule has 0 aliphatic carbocycles. The number of thiophene rings is 1. The fourth-order valence-electron chi connectivity index (χ4n) is 4.86. The Morgan fingerprint density at radius 1 is 1.27 bits per heavy atom. The molecule has 2 saturated heterocycles. The first-order valence-electron chi connectivity index (χ1n) is 12.3. The summed E-state index contributed by atoms with van der Waals surface area (Å²) in [7, 11) is 0. The number of aryl methyl sites for hydroxylation is 1. The van der Waals surface area contributed by atoms with Gasteiger partial charge in [0.2, 0.25) is 23.5 Å². The number of amides is 3. The van der Waals surface area contributed by atoms with Gasteiger partial charge in [-0.3, -0.25) is 24.6 Å². The second-order valence-corrected chi connectivity index (χ2v) is 10.9. The minimum Gasteiger partial charge on any atom is -0.370 e. The average Bonchev–Trinajstić information content (AvgIpc) is 3.65. The topological polar surface area (TPSA) is 162 Å². The third-order valence-corrected chi connectivity index (χ3v) is 8.19. The van der Waals surface area contributed by atoms with Crippen LogP contribution in [-0.4, -0.2) is 82.0 Å². The molecule has 37 heavy (non-hydrogen) atoms. The van der Waals surface area contributed by atoms with Crippen molar-refractivity contribution in [3.8, 4) is 0 Å². The van der Waals surface area contributed by atoms with Crippen LogP contribution in [-0.2, 0) is 20.8 Å². The van der Waals surface area contributed by atoms with Gasteiger partial charge < -0.3 is 26.2 Å². The van der Waals surface area contributed by atoms with Crippen molar-refractivity contribution in [3.05, 3.63) is 39.0 Å². The van der Waals surface area contributed by atoms with Crippen molar-refractivity contribution in [2.24, 2.45) is 5.73 Å². The van der Waals surface area contributed by atoms with Gasteiger partial charge in [-0.25, -0.2) is 4.98 Å². The number of Topliss-reactive ketones (excluding diaryl/α,β-unsaturated/α-hetero) is 1. The van der Waals surface area contributed by atoms with Gasteiger partial charge in [0, 0.05) is 31.1 Å². The molecule has 11 nitrogen and oxygen atoms in total. The minimum atomic E-state index is -0.804. The summed E-state index contributed by atoms with van der Waals surface area (Å²) in [5, 5.41) is 18.8. The summed E-state index contributed by atoms with van der Waals surface area (Å²) in [6, 6.07) is 0.298. The van der Waals surface area contributed by atoms with Gasteiger partial charge in [-0.05, 0) is 54.5 Å². The van der Waals surface area contributed by atoms with Crippen LogP contribution in [0.15, 0.2) is 28.4 Å². The Labute approximate surface area is 222 Å². The Hall–Kier alpha value is -3.32. The average molecular weight is 546 g/mol. The molecule has 0 saturated carbocycles. The van der Waals surface area contributed by atoms with Crippen molar-refractivity contribution in [1.29, 1.82) is 5.41 Å². The van der Waals surface area contributed by atoms with E-state index in [-0.39, 0.29) is 42.1 Å². The molecule has 0 bridgehead atoms. The number of rotatable bonds is 11. The third kappa shape index (κ3) is 6.72. The van der Waals surface area contributed by atoms with Crippen molar-refractivity contribution >= 4 is 52.1 Å². The van der Waals surface area contributed by atoms with E-state index in [1.54, 1.807) is 26.5 Å². The number of nitrogens with zero attached hydrogens (tertiary/aromatic N) is 3. The lowest BCUT2D eigenvalue weighted by Gasteiger charge is -2.39. The molecule has 0 radical (unpaired) electrons. The van der Waals surface area contributed by atoms with E-state index in [2.05, 4.69) is 15.6 Å². The largest absolute Gasteiger partial charge is 0.370 e. The quantitative estimate of drug-likeness (QED) is 0.142. The molecule has 3 unspecified atom stereocenters. The number of hydrogen-bond acceptors (Lipinski definition) is 8. The van der Waals surface area contributed by atoms with E-state index in [0.717, 1.165) is 5.56 Å². The molecule has 5 N–H and O–H groups in total. The molecule has 2 fully saturated rings. The van der Waals surface area contributed by atoms with E-state index >= 15 is 0 Å². The van der Waals surface area contributed by atoms with E-state index in [4.69, 9.17) is 11.1 Å². The first-order valence-corrected chi connectivity index (χ1v) is 14.1. The Balaban J connectivity index is 1.35. The van der Waals surface area contributed by atoms with E-state index in [1.165, 1.54) is 17.5 Å². The molecule has 4 heterocycles. The third-order valence-electron chi connectivity index (χ3n) is 6.67. The molecular formula is C24H31N7O4S2. The lowest BCUT2D eigenvalue weighted by molar-refractivity contribution is -0.151. The van der Waals surface area contributed by atoms with Crippen LogP contribution in [0.25, 0.3) is 0 Å².